The van der Waals surface area contributed by atoms with Crippen LogP contribution < -0.4 is 9.47 Å². The second-order valence-corrected chi connectivity index (χ2v) is 6.50. The maximum atomic E-state index is 5.81. The topological polar surface area (TPSA) is 40.2 Å². The average molecular weight is 337 g/mol. The summed E-state index contributed by atoms with van der Waals surface area (Å²) in [6, 6.07) is 12.7. The van der Waals surface area contributed by atoms with Crippen LogP contribution in [-0.2, 0) is 9.47 Å². The summed E-state index contributed by atoms with van der Waals surface area (Å²) in [5, 5.41) is 4.65. The van der Waals surface area contributed by atoms with E-state index in [0.717, 1.165) is 33.4 Å². The molecule has 3 aromatic carbocycles. The zero-order chi connectivity index (χ0) is 17.1. The molecule has 128 valence electrons. The smallest absolute Gasteiger partial charge is 0.231 e. The van der Waals surface area contributed by atoms with E-state index in [0.29, 0.717) is 0 Å². The molecule has 0 saturated carbocycles. The lowest BCUT2D eigenvalue weighted by molar-refractivity contribution is -0.127. The summed E-state index contributed by atoms with van der Waals surface area (Å²) in [7, 11) is 5.49. The lowest BCUT2D eigenvalue weighted by Crippen LogP contribution is -2.35. The molecule has 0 aromatic heterocycles. The highest BCUT2D eigenvalue weighted by molar-refractivity contribution is 6.11. The molecule has 5 rings (SSSR count). The first-order valence-electron chi connectivity index (χ1n) is 8.29. The van der Waals surface area contributed by atoms with E-state index in [4.69, 9.17) is 18.9 Å². The van der Waals surface area contributed by atoms with E-state index in [1.165, 1.54) is 10.8 Å². The third-order valence-corrected chi connectivity index (χ3v) is 5.25. The van der Waals surface area contributed by atoms with E-state index in [2.05, 4.69) is 41.3 Å². The Bertz CT molecular complexity index is 1000. The molecule has 0 aliphatic carbocycles. The lowest BCUT2D eigenvalue weighted by atomic mass is 9.89. The van der Waals surface area contributed by atoms with E-state index < -0.39 is 0 Å². The van der Waals surface area contributed by atoms with Crippen molar-refractivity contribution in [2.45, 2.75) is 12.5 Å². The van der Waals surface area contributed by atoms with Gasteiger partial charge >= 0.3 is 0 Å². The largest absolute Gasteiger partial charge is 0.454 e. The minimum Gasteiger partial charge on any atom is -0.454 e. The molecular formula is C20H19NO4. The first kappa shape index (κ1) is 15.0. The zero-order valence-electron chi connectivity index (χ0n) is 14.4. The SMILES string of the molecule is COC1c2cccc3c2c(cc2cc4c(cc23)OCO4)C(OC)N1C. The monoisotopic (exact) mass is 337 g/mol. The van der Waals surface area contributed by atoms with Gasteiger partial charge in [-0.05, 0) is 46.8 Å². The van der Waals surface area contributed by atoms with Gasteiger partial charge in [-0.15, -0.1) is 0 Å². The number of fused-ring (bicyclic) bond motifs is 3. The van der Waals surface area contributed by atoms with E-state index >= 15 is 0 Å². The Morgan fingerprint density at radius 3 is 2.40 bits per heavy atom. The molecule has 0 spiro atoms. The van der Waals surface area contributed by atoms with Gasteiger partial charge in [-0.1, -0.05) is 18.2 Å². The van der Waals surface area contributed by atoms with Gasteiger partial charge in [-0.25, -0.2) is 4.90 Å². The zero-order valence-corrected chi connectivity index (χ0v) is 14.4. The number of nitrogens with zero attached hydrogens (tertiary/aromatic N) is 1. The van der Waals surface area contributed by atoms with Crippen LogP contribution in [-0.4, -0.2) is 33.0 Å². The minimum absolute atomic E-state index is 0.146. The molecule has 25 heavy (non-hydrogen) atoms. The van der Waals surface area contributed by atoms with Gasteiger partial charge in [0.15, 0.2) is 11.5 Å². The summed E-state index contributed by atoms with van der Waals surface area (Å²) >= 11 is 0. The second kappa shape index (κ2) is 5.33. The molecule has 2 unspecified atom stereocenters. The van der Waals surface area contributed by atoms with Crippen molar-refractivity contribution < 1.29 is 18.9 Å². The predicted molar refractivity (Wildman–Crippen MR) is 94.8 cm³/mol. The van der Waals surface area contributed by atoms with Gasteiger partial charge in [0.25, 0.3) is 0 Å². The van der Waals surface area contributed by atoms with Crippen LogP contribution in [0.5, 0.6) is 11.5 Å². The van der Waals surface area contributed by atoms with E-state index in [1.54, 1.807) is 14.2 Å². The van der Waals surface area contributed by atoms with Crippen LogP contribution in [0.2, 0.25) is 0 Å². The van der Waals surface area contributed by atoms with Crippen molar-refractivity contribution >= 4 is 21.5 Å². The number of hydrogen-bond donors (Lipinski definition) is 0. The van der Waals surface area contributed by atoms with Crippen LogP contribution in [0.3, 0.4) is 0 Å². The van der Waals surface area contributed by atoms with Gasteiger partial charge in [-0.3, -0.25) is 0 Å². The van der Waals surface area contributed by atoms with E-state index in [-0.39, 0.29) is 19.2 Å². The van der Waals surface area contributed by atoms with Gasteiger partial charge in [0.2, 0.25) is 6.79 Å². The molecule has 0 fully saturated rings. The fourth-order valence-electron chi connectivity index (χ4n) is 4.22. The summed E-state index contributed by atoms with van der Waals surface area (Å²) < 4.78 is 22.7. The standard InChI is InChI=1S/C20H19NO4/c1-21-19(22-2)13-6-4-5-12-14-9-17-16(24-10-25-17)8-11(14)7-15(18(12)13)20(21)23-3/h4-9,19-20H,10H2,1-3H3. The summed E-state index contributed by atoms with van der Waals surface area (Å²) in [5.74, 6) is 1.59. The average Bonchev–Trinajstić information content (AvgIpc) is 3.08. The molecule has 0 radical (unpaired) electrons. The molecule has 3 aromatic rings. The highest BCUT2D eigenvalue weighted by Gasteiger charge is 2.34. The highest BCUT2D eigenvalue weighted by Crippen LogP contribution is 2.47. The summed E-state index contributed by atoms with van der Waals surface area (Å²) in [5.41, 5.74) is 2.31. The predicted octanol–water partition coefficient (Wildman–Crippen LogP) is 3.96. The van der Waals surface area contributed by atoms with Crippen LogP contribution in [0.4, 0.5) is 0 Å². The maximum Gasteiger partial charge on any atom is 0.231 e. The first-order chi connectivity index (χ1) is 12.2. The number of hydrogen-bond acceptors (Lipinski definition) is 5. The Hall–Kier alpha value is -2.34. The van der Waals surface area contributed by atoms with Crippen LogP contribution >= 0.6 is 0 Å². The van der Waals surface area contributed by atoms with Crippen molar-refractivity contribution in [1.29, 1.82) is 0 Å². The van der Waals surface area contributed by atoms with Gasteiger partial charge in [0.05, 0.1) is 0 Å². The van der Waals surface area contributed by atoms with Gasteiger partial charge in [-0.2, -0.15) is 0 Å². The third kappa shape index (κ3) is 1.94. The third-order valence-electron chi connectivity index (χ3n) is 5.25. The molecule has 0 bridgehead atoms. The number of rotatable bonds is 2. The van der Waals surface area contributed by atoms with E-state index in [1.807, 2.05) is 7.05 Å². The number of methoxy groups -OCH3 is 2. The molecule has 0 N–H and O–H groups in total. The Morgan fingerprint density at radius 1 is 0.920 bits per heavy atom. The van der Waals surface area contributed by atoms with Crippen LogP contribution in [0.1, 0.15) is 23.6 Å². The molecule has 2 heterocycles. The Balaban J connectivity index is 1.92. The molecule has 5 nitrogen and oxygen atoms in total. The normalized spacial score (nSPS) is 22.0. The van der Waals surface area contributed by atoms with Gasteiger partial charge < -0.3 is 18.9 Å². The Morgan fingerprint density at radius 2 is 1.64 bits per heavy atom. The Kier molecular flexibility index (Phi) is 3.19. The van der Waals surface area contributed by atoms with Crippen molar-refractivity contribution in [3.63, 3.8) is 0 Å². The summed E-state index contributed by atoms with van der Waals surface area (Å²) in [6.45, 7) is 0.275. The fraction of sp³-hybridized carbons (Fsp3) is 0.300. The molecular weight excluding hydrogens is 318 g/mol. The van der Waals surface area contributed by atoms with Crippen molar-refractivity contribution in [2.24, 2.45) is 0 Å². The van der Waals surface area contributed by atoms with Crippen molar-refractivity contribution in [3.8, 4) is 11.5 Å². The van der Waals surface area contributed by atoms with Crippen LogP contribution in [0.15, 0.2) is 36.4 Å². The van der Waals surface area contributed by atoms with Crippen molar-refractivity contribution in [1.82, 2.24) is 4.90 Å². The van der Waals surface area contributed by atoms with Crippen LogP contribution in [0, 0.1) is 0 Å². The van der Waals surface area contributed by atoms with Crippen molar-refractivity contribution in [2.75, 3.05) is 28.1 Å². The molecule has 5 heteroatoms. The molecule has 2 aliphatic rings. The van der Waals surface area contributed by atoms with E-state index in [9.17, 15) is 0 Å². The molecule has 2 atom stereocenters. The van der Waals surface area contributed by atoms with Crippen molar-refractivity contribution in [3.05, 3.63) is 47.5 Å². The molecule has 0 amide bonds. The number of benzene rings is 3. The first-order valence-corrected chi connectivity index (χ1v) is 8.29. The van der Waals surface area contributed by atoms with Gasteiger partial charge in [0, 0.05) is 25.3 Å². The molecule has 0 saturated heterocycles. The lowest BCUT2D eigenvalue weighted by Gasteiger charge is -2.39. The van der Waals surface area contributed by atoms with Crippen LogP contribution in [0.25, 0.3) is 21.5 Å². The fourth-order valence-corrected chi connectivity index (χ4v) is 4.22. The highest BCUT2D eigenvalue weighted by atomic mass is 16.7. The number of ether oxygens (including phenoxy) is 4. The second-order valence-electron chi connectivity index (χ2n) is 6.50. The molecule has 2 aliphatic heterocycles. The minimum atomic E-state index is -0.169. The Labute approximate surface area is 145 Å². The quantitative estimate of drug-likeness (QED) is 0.662. The summed E-state index contributed by atoms with van der Waals surface area (Å²) in [6.07, 6.45) is -0.315. The van der Waals surface area contributed by atoms with Gasteiger partial charge in [0.1, 0.15) is 12.5 Å². The summed E-state index contributed by atoms with van der Waals surface area (Å²) in [4.78, 5) is 2.11. The maximum absolute atomic E-state index is 5.81.